The molecule has 1 aromatic heterocycles. The van der Waals surface area contributed by atoms with Gasteiger partial charge >= 0.3 is 0 Å². The molecule has 5 heteroatoms. The van der Waals surface area contributed by atoms with Crippen LogP contribution in [-0.4, -0.2) is 11.5 Å². The Balaban J connectivity index is 1.93. The number of nitrogens with zero attached hydrogens (tertiary/aromatic N) is 1. The minimum atomic E-state index is 0.419. The van der Waals surface area contributed by atoms with Crippen molar-refractivity contribution in [2.45, 2.75) is 20.0 Å². The molecule has 2 rings (SSSR count). The first-order chi connectivity index (χ1) is 9.69. The highest BCUT2D eigenvalue weighted by atomic mass is 35.5. The third-order valence-corrected chi connectivity index (χ3v) is 3.20. The van der Waals surface area contributed by atoms with Gasteiger partial charge in [-0.2, -0.15) is 0 Å². The first-order valence-corrected chi connectivity index (χ1v) is 7.21. The van der Waals surface area contributed by atoms with Crippen molar-refractivity contribution in [2.24, 2.45) is 0 Å². The van der Waals surface area contributed by atoms with Gasteiger partial charge in [-0.15, -0.1) is 0 Å². The van der Waals surface area contributed by atoms with Crippen LogP contribution < -0.4 is 10.1 Å². The predicted molar refractivity (Wildman–Crippen MR) is 83.8 cm³/mol. The molecular formula is C15H16Cl2N2O. The number of hydrogen-bond donors (Lipinski definition) is 1. The highest BCUT2D eigenvalue weighted by Crippen LogP contribution is 2.28. The van der Waals surface area contributed by atoms with E-state index in [0.29, 0.717) is 22.4 Å². The van der Waals surface area contributed by atoms with Gasteiger partial charge in [-0.25, -0.2) is 4.98 Å². The second-order valence-electron chi connectivity index (χ2n) is 4.34. The lowest BCUT2D eigenvalue weighted by molar-refractivity contribution is 0.306. The molecule has 0 aliphatic heterocycles. The van der Waals surface area contributed by atoms with E-state index < -0.39 is 0 Å². The van der Waals surface area contributed by atoms with Crippen molar-refractivity contribution in [3.63, 3.8) is 0 Å². The summed E-state index contributed by atoms with van der Waals surface area (Å²) >= 11 is 11.9. The molecule has 0 fully saturated rings. The van der Waals surface area contributed by atoms with E-state index in [9.17, 15) is 0 Å². The average Bonchev–Trinajstić information content (AvgIpc) is 2.45. The molecule has 1 heterocycles. The van der Waals surface area contributed by atoms with E-state index in [1.165, 1.54) is 0 Å². The highest BCUT2D eigenvalue weighted by molar-refractivity contribution is 6.35. The molecule has 0 amide bonds. The number of benzene rings is 1. The monoisotopic (exact) mass is 310 g/mol. The van der Waals surface area contributed by atoms with E-state index in [0.717, 1.165) is 24.3 Å². The molecule has 1 N–H and O–H groups in total. The molecule has 1 aromatic carbocycles. The van der Waals surface area contributed by atoms with Gasteiger partial charge in [-0.1, -0.05) is 36.2 Å². The Morgan fingerprint density at radius 2 is 2.05 bits per heavy atom. The summed E-state index contributed by atoms with van der Waals surface area (Å²) in [6, 6.07) is 9.09. The predicted octanol–water partition coefficient (Wildman–Crippen LogP) is 4.79. The largest absolute Gasteiger partial charge is 0.487 e. The van der Waals surface area contributed by atoms with Gasteiger partial charge in [0.15, 0.2) is 0 Å². The van der Waals surface area contributed by atoms with Crippen LogP contribution in [0.25, 0.3) is 0 Å². The fourth-order valence-corrected chi connectivity index (χ4v) is 2.08. The molecule has 0 unspecified atom stereocenters. The van der Waals surface area contributed by atoms with Crippen LogP contribution >= 0.6 is 23.2 Å². The standard InChI is InChI=1S/C15H16Cl2N2O/c1-2-7-18-15-6-3-11(9-19-15)10-20-14-5-4-12(16)8-13(14)17/h3-6,8-9H,2,7,10H2,1H3,(H,18,19). The van der Waals surface area contributed by atoms with Gasteiger partial charge in [0.1, 0.15) is 18.2 Å². The van der Waals surface area contributed by atoms with Crippen LogP contribution in [0.5, 0.6) is 5.75 Å². The summed E-state index contributed by atoms with van der Waals surface area (Å²) < 4.78 is 5.65. The lowest BCUT2D eigenvalue weighted by atomic mass is 10.3. The Hall–Kier alpha value is -1.45. The first kappa shape index (κ1) is 14.9. The van der Waals surface area contributed by atoms with E-state index >= 15 is 0 Å². The minimum Gasteiger partial charge on any atom is -0.487 e. The van der Waals surface area contributed by atoms with Crippen molar-refractivity contribution in [1.29, 1.82) is 0 Å². The molecule has 0 aliphatic carbocycles. The van der Waals surface area contributed by atoms with E-state index in [2.05, 4.69) is 17.2 Å². The number of pyridine rings is 1. The Labute approximate surface area is 128 Å². The molecule has 0 radical (unpaired) electrons. The molecule has 0 aliphatic rings. The lowest BCUT2D eigenvalue weighted by Gasteiger charge is -2.09. The summed E-state index contributed by atoms with van der Waals surface area (Å²) in [6.07, 6.45) is 2.86. The first-order valence-electron chi connectivity index (χ1n) is 6.45. The van der Waals surface area contributed by atoms with Gasteiger partial charge in [0.25, 0.3) is 0 Å². The summed E-state index contributed by atoms with van der Waals surface area (Å²) in [5.41, 5.74) is 0.984. The van der Waals surface area contributed by atoms with Crippen LogP contribution in [0.1, 0.15) is 18.9 Å². The molecule has 0 bridgehead atoms. The minimum absolute atomic E-state index is 0.419. The third kappa shape index (κ3) is 4.29. The van der Waals surface area contributed by atoms with Gasteiger partial charge in [-0.05, 0) is 30.7 Å². The summed E-state index contributed by atoms with van der Waals surface area (Å²) in [7, 11) is 0. The summed E-state index contributed by atoms with van der Waals surface area (Å²) in [6.45, 7) is 3.46. The van der Waals surface area contributed by atoms with Crippen LogP contribution in [0.2, 0.25) is 10.0 Å². The zero-order valence-corrected chi connectivity index (χ0v) is 12.7. The molecule has 0 saturated heterocycles. The lowest BCUT2D eigenvalue weighted by Crippen LogP contribution is -2.02. The van der Waals surface area contributed by atoms with Crippen molar-refractivity contribution in [1.82, 2.24) is 4.98 Å². The van der Waals surface area contributed by atoms with E-state index in [1.807, 2.05) is 12.1 Å². The van der Waals surface area contributed by atoms with Crippen molar-refractivity contribution in [3.05, 3.63) is 52.1 Å². The van der Waals surface area contributed by atoms with E-state index in [4.69, 9.17) is 27.9 Å². The second kappa shape index (κ2) is 7.36. The van der Waals surface area contributed by atoms with Crippen LogP contribution in [0, 0.1) is 0 Å². The fourth-order valence-electron chi connectivity index (χ4n) is 1.62. The molecule has 0 spiro atoms. The van der Waals surface area contributed by atoms with Gasteiger partial charge < -0.3 is 10.1 Å². The molecule has 3 nitrogen and oxygen atoms in total. The summed E-state index contributed by atoms with van der Waals surface area (Å²) in [4.78, 5) is 4.32. The van der Waals surface area contributed by atoms with Gasteiger partial charge in [-0.3, -0.25) is 0 Å². The van der Waals surface area contributed by atoms with E-state index in [-0.39, 0.29) is 0 Å². The molecular weight excluding hydrogens is 295 g/mol. The smallest absolute Gasteiger partial charge is 0.138 e. The summed E-state index contributed by atoms with van der Waals surface area (Å²) in [5.74, 6) is 1.49. The van der Waals surface area contributed by atoms with Gasteiger partial charge in [0.05, 0.1) is 5.02 Å². The van der Waals surface area contributed by atoms with Crippen molar-refractivity contribution in [2.75, 3.05) is 11.9 Å². The molecule has 20 heavy (non-hydrogen) atoms. The number of rotatable bonds is 6. The maximum absolute atomic E-state index is 6.04. The Bertz CT molecular complexity index is 558. The number of hydrogen-bond acceptors (Lipinski definition) is 3. The number of halogens is 2. The van der Waals surface area contributed by atoms with Crippen molar-refractivity contribution >= 4 is 29.0 Å². The van der Waals surface area contributed by atoms with Crippen molar-refractivity contribution < 1.29 is 4.74 Å². The quantitative estimate of drug-likeness (QED) is 0.833. The molecule has 0 atom stereocenters. The average molecular weight is 311 g/mol. The summed E-state index contributed by atoms with van der Waals surface area (Å²) in [5, 5.41) is 4.32. The van der Waals surface area contributed by atoms with Gasteiger partial charge in [0, 0.05) is 23.3 Å². The normalized spacial score (nSPS) is 10.3. The van der Waals surface area contributed by atoms with Crippen LogP contribution in [-0.2, 0) is 6.61 Å². The number of ether oxygens (including phenoxy) is 1. The second-order valence-corrected chi connectivity index (χ2v) is 5.19. The molecule has 106 valence electrons. The Morgan fingerprint density at radius 3 is 2.70 bits per heavy atom. The molecule has 2 aromatic rings. The third-order valence-electron chi connectivity index (χ3n) is 2.67. The fraction of sp³-hybridized carbons (Fsp3) is 0.267. The maximum Gasteiger partial charge on any atom is 0.138 e. The van der Waals surface area contributed by atoms with Crippen LogP contribution in [0.3, 0.4) is 0 Å². The van der Waals surface area contributed by atoms with E-state index in [1.54, 1.807) is 24.4 Å². The zero-order chi connectivity index (χ0) is 14.4. The number of aromatic nitrogens is 1. The van der Waals surface area contributed by atoms with Crippen LogP contribution in [0.4, 0.5) is 5.82 Å². The van der Waals surface area contributed by atoms with Gasteiger partial charge in [0.2, 0.25) is 0 Å². The Morgan fingerprint density at radius 1 is 1.20 bits per heavy atom. The Kier molecular flexibility index (Phi) is 5.50. The number of nitrogens with one attached hydrogen (secondary N) is 1. The number of anilines is 1. The van der Waals surface area contributed by atoms with Crippen LogP contribution in [0.15, 0.2) is 36.5 Å². The topological polar surface area (TPSA) is 34.1 Å². The zero-order valence-electron chi connectivity index (χ0n) is 11.2. The molecule has 0 saturated carbocycles. The highest BCUT2D eigenvalue weighted by Gasteiger charge is 2.03. The SMILES string of the molecule is CCCNc1ccc(COc2ccc(Cl)cc2Cl)cn1. The van der Waals surface area contributed by atoms with Crippen molar-refractivity contribution in [3.8, 4) is 5.75 Å². The maximum atomic E-state index is 6.04.